The zero-order chi connectivity index (χ0) is 9.30. The van der Waals surface area contributed by atoms with Crippen molar-refractivity contribution >= 4 is 12.4 Å². The van der Waals surface area contributed by atoms with Gasteiger partial charge in [-0.05, 0) is 0 Å². The molecule has 0 bridgehead atoms. The van der Waals surface area contributed by atoms with Gasteiger partial charge in [-0.2, -0.15) is 0 Å². The molecule has 1 aliphatic rings. The second-order valence-electron chi connectivity index (χ2n) is 2.81. The zero-order valence-corrected chi connectivity index (χ0v) is 7.59. The summed E-state index contributed by atoms with van der Waals surface area (Å²) < 4.78 is 4.70. The van der Waals surface area contributed by atoms with Gasteiger partial charge in [-0.3, -0.25) is 0 Å². The number of rotatable bonds is 1. The van der Waals surface area contributed by atoms with Crippen LogP contribution in [0.15, 0.2) is 0 Å². The first kappa shape index (κ1) is 13.1. The minimum absolute atomic E-state index is 0. The van der Waals surface area contributed by atoms with E-state index in [0.29, 0.717) is 0 Å². The van der Waals surface area contributed by atoms with Crippen LogP contribution in [0.1, 0.15) is 0 Å². The molecule has 0 aromatic rings. The van der Waals surface area contributed by atoms with E-state index in [2.05, 4.69) is 0 Å². The number of nitrogens with two attached hydrogens (primary N) is 1. The van der Waals surface area contributed by atoms with Crippen LogP contribution in [0.3, 0.4) is 0 Å². The summed E-state index contributed by atoms with van der Waals surface area (Å²) in [6, 6.07) is -1.04. The Morgan fingerprint density at radius 1 is 1.15 bits per heavy atom. The molecule has 1 unspecified atom stereocenters. The number of hydrogen-bond acceptors (Lipinski definition) is 6. The summed E-state index contributed by atoms with van der Waals surface area (Å²) in [5.74, 6) is 0. The second kappa shape index (κ2) is 5.06. The van der Waals surface area contributed by atoms with E-state index in [1.165, 1.54) is 0 Å². The summed E-state index contributed by atoms with van der Waals surface area (Å²) in [7, 11) is 0. The third-order valence-electron chi connectivity index (χ3n) is 1.95. The average Bonchev–Trinajstić information content (AvgIpc) is 2.08. The number of halogens is 1. The summed E-state index contributed by atoms with van der Waals surface area (Å²) in [4.78, 5) is 0. The fourth-order valence-electron chi connectivity index (χ4n) is 1.12. The highest BCUT2D eigenvalue weighted by Crippen LogP contribution is 2.17. The highest BCUT2D eigenvalue weighted by molar-refractivity contribution is 5.85. The molecule has 0 aliphatic carbocycles. The van der Waals surface area contributed by atoms with Crippen LogP contribution in [0.4, 0.5) is 0 Å². The van der Waals surface area contributed by atoms with Gasteiger partial charge in [0.25, 0.3) is 0 Å². The van der Waals surface area contributed by atoms with Gasteiger partial charge in [0.2, 0.25) is 0 Å². The van der Waals surface area contributed by atoms with Crippen LogP contribution in [0, 0.1) is 0 Å². The molecular formula is C6H14ClNO5. The van der Waals surface area contributed by atoms with Gasteiger partial charge in [-0.25, -0.2) is 0 Å². The lowest BCUT2D eigenvalue weighted by molar-refractivity contribution is -0.248. The van der Waals surface area contributed by atoms with E-state index in [1.807, 2.05) is 0 Å². The summed E-state index contributed by atoms with van der Waals surface area (Å²) in [5, 5.41) is 36.1. The molecule has 1 aliphatic heterocycles. The Labute approximate surface area is 81.3 Å². The van der Waals surface area contributed by atoms with Crippen molar-refractivity contribution in [2.45, 2.75) is 30.6 Å². The molecule has 0 aromatic heterocycles. The molecule has 0 saturated carbocycles. The monoisotopic (exact) mass is 216 g/mol. The molecule has 6 nitrogen and oxygen atoms in total. The van der Waals surface area contributed by atoms with Gasteiger partial charge in [0.15, 0.2) is 6.29 Å². The molecule has 0 radical (unpaired) electrons. The van der Waals surface area contributed by atoms with Gasteiger partial charge in [0.1, 0.15) is 18.3 Å². The van der Waals surface area contributed by atoms with E-state index >= 15 is 0 Å². The van der Waals surface area contributed by atoms with Gasteiger partial charge in [-0.1, -0.05) is 0 Å². The van der Waals surface area contributed by atoms with Crippen molar-refractivity contribution in [3.05, 3.63) is 0 Å². The molecule has 0 spiro atoms. The lowest BCUT2D eigenvalue weighted by Gasteiger charge is -2.38. The van der Waals surface area contributed by atoms with Crippen LogP contribution in [-0.4, -0.2) is 57.7 Å². The van der Waals surface area contributed by atoms with E-state index in [-0.39, 0.29) is 12.4 Å². The highest BCUT2D eigenvalue weighted by atomic mass is 35.5. The van der Waals surface area contributed by atoms with Crippen LogP contribution in [0.2, 0.25) is 0 Å². The SMILES string of the molecule is Cl.[15NH2][C@H]1C(O)O[C@H](CO)[C@@H](O)[C@@H]1O. The van der Waals surface area contributed by atoms with Crippen LogP contribution < -0.4 is 5.73 Å². The van der Waals surface area contributed by atoms with Crippen molar-refractivity contribution in [2.75, 3.05) is 6.61 Å². The maximum absolute atomic E-state index is 9.20. The topological polar surface area (TPSA) is 116 Å². The van der Waals surface area contributed by atoms with Gasteiger partial charge in [0, 0.05) is 0 Å². The number of aliphatic hydroxyl groups excluding tert-OH is 4. The lowest BCUT2D eigenvalue weighted by Crippen LogP contribution is -2.61. The predicted octanol–water partition coefficient (Wildman–Crippen LogP) is -2.83. The van der Waals surface area contributed by atoms with Gasteiger partial charge >= 0.3 is 0 Å². The molecule has 5 atom stereocenters. The molecule has 0 aromatic carbocycles. The van der Waals surface area contributed by atoms with E-state index in [1.54, 1.807) is 0 Å². The minimum atomic E-state index is -1.35. The third kappa shape index (κ3) is 2.50. The molecule has 13 heavy (non-hydrogen) atoms. The Morgan fingerprint density at radius 2 is 1.69 bits per heavy atom. The molecule has 0 amide bonds. The second-order valence-corrected chi connectivity index (χ2v) is 2.81. The molecule has 1 rings (SSSR count). The normalized spacial score (nSPS) is 45.5. The van der Waals surface area contributed by atoms with Crippen LogP contribution in [-0.2, 0) is 4.74 Å². The van der Waals surface area contributed by atoms with Crippen molar-refractivity contribution in [3.63, 3.8) is 0 Å². The molecule has 80 valence electrons. The first-order valence-electron chi connectivity index (χ1n) is 3.64. The summed E-state index contributed by atoms with van der Waals surface area (Å²) in [6.45, 7) is -0.470. The van der Waals surface area contributed by atoms with Gasteiger partial charge in [0.05, 0.1) is 12.6 Å². The Morgan fingerprint density at radius 3 is 2.15 bits per heavy atom. The van der Waals surface area contributed by atoms with Crippen molar-refractivity contribution in [1.29, 1.82) is 0 Å². The maximum atomic E-state index is 9.20. The van der Waals surface area contributed by atoms with E-state index in [9.17, 15) is 10.2 Å². The van der Waals surface area contributed by atoms with Crippen molar-refractivity contribution in [1.82, 2.24) is 0 Å². The fourth-order valence-corrected chi connectivity index (χ4v) is 1.12. The summed E-state index contributed by atoms with van der Waals surface area (Å²) >= 11 is 0. The van der Waals surface area contributed by atoms with E-state index < -0.39 is 37.3 Å². The number of hydrogen-bond donors (Lipinski definition) is 5. The van der Waals surface area contributed by atoms with Gasteiger partial charge in [-0.15, -0.1) is 12.4 Å². The number of ether oxygens (including phenoxy) is 1. The molecular weight excluding hydrogens is 203 g/mol. The van der Waals surface area contributed by atoms with Crippen LogP contribution in [0.5, 0.6) is 0 Å². The molecule has 6 N–H and O–H groups in total. The molecule has 1 fully saturated rings. The van der Waals surface area contributed by atoms with Crippen molar-refractivity contribution < 1.29 is 25.2 Å². The first-order valence-corrected chi connectivity index (χ1v) is 3.64. The Balaban J connectivity index is 0.00000144. The Bertz CT molecular complexity index is 155. The highest BCUT2D eigenvalue weighted by Gasteiger charge is 2.41. The van der Waals surface area contributed by atoms with E-state index in [4.69, 9.17) is 20.7 Å². The van der Waals surface area contributed by atoms with Crippen LogP contribution >= 0.6 is 12.4 Å². The minimum Gasteiger partial charge on any atom is -0.394 e. The predicted molar refractivity (Wildman–Crippen MR) is 45.2 cm³/mol. The molecule has 1 saturated heterocycles. The van der Waals surface area contributed by atoms with Crippen molar-refractivity contribution in [3.8, 4) is 0 Å². The van der Waals surface area contributed by atoms with Crippen molar-refractivity contribution in [2.24, 2.45) is 5.73 Å². The standard InChI is InChI=1S/C6H13NO5.ClH/c7-3-5(10)4(9)2(1-8)12-6(3)11;/h2-6,8-11H,1,7H2;1H/t2-,3-,4-,5-,6?;/m1./s1/i7+1;. The third-order valence-corrected chi connectivity index (χ3v) is 1.95. The van der Waals surface area contributed by atoms with E-state index in [0.717, 1.165) is 0 Å². The summed E-state index contributed by atoms with van der Waals surface area (Å²) in [6.07, 6.45) is -4.85. The molecule has 7 heteroatoms. The maximum Gasteiger partial charge on any atom is 0.173 e. The Kier molecular flexibility index (Phi) is 5.08. The first-order chi connectivity index (χ1) is 5.57. The van der Waals surface area contributed by atoms with Gasteiger partial charge < -0.3 is 30.9 Å². The quantitative estimate of drug-likeness (QED) is 0.302. The fraction of sp³-hybridized carbons (Fsp3) is 1.00. The lowest BCUT2D eigenvalue weighted by atomic mass is 9.99. The summed E-state index contributed by atoms with van der Waals surface area (Å²) in [5.41, 5.74) is 5.26. The zero-order valence-electron chi connectivity index (χ0n) is 6.78. The molecule has 1 heterocycles. The Hall–Kier alpha value is 0.0500. The van der Waals surface area contributed by atoms with Crippen LogP contribution in [0.25, 0.3) is 0 Å². The smallest absolute Gasteiger partial charge is 0.173 e. The average molecular weight is 217 g/mol. The largest absolute Gasteiger partial charge is 0.394 e. The number of aliphatic hydroxyl groups is 4.